The van der Waals surface area contributed by atoms with Crippen LogP contribution in [0.4, 0.5) is 11.4 Å². The lowest BCUT2D eigenvalue weighted by molar-refractivity contribution is 0.0512. The molecule has 0 aliphatic carbocycles. The summed E-state index contributed by atoms with van der Waals surface area (Å²) < 4.78 is 11.2. The Morgan fingerprint density at radius 3 is 2.19 bits per heavy atom. The molecule has 0 saturated carbocycles. The number of nitrogens with one attached hydrogen (secondary N) is 4. The predicted octanol–water partition coefficient (Wildman–Crippen LogP) is 5.95. The number of hydrogen-bond donors (Lipinski definition) is 5. The van der Waals surface area contributed by atoms with E-state index in [4.69, 9.17) is 19.5 Å². The number of rotatable bonds is 15. The molecule has 0 spiro atoms. The zero-order valence-corrected chi connectivity index (χ0v) is 29.3. The van der Waals surface area contributed by atoms with E-state index in [2.05, 4.69) is 32.3 Å². The topological polar surface area (TPSA) is 158 Å². The van der Waals surface area contributed by atoms with E-state index in [9.17, 15) is 14.7 Å². The SMILES string of the molecule is Cc1cccc(CNC(=O)c2ccc(NC3=NC(Nc4ccc(O)cc4)=NC(=NCCOCCOCCNC(=O)c4ccccc4)CCC3)cc2)c1. The summed E-state index contributed by atoms with van der Waals surface area (Å²) in [4.78, 5) is 39.0. The Bertz CT molecular complexity index is 1840. The lowest BCUT2D eigenvalue weighted by Gasteiger charge is -2.16. The molecule has 5 rings (SSSR count). The molecular formula is C40H45N7O5. The van der Waals surface area contributed by atoms with E-state index in [1.807, 2.05) is 55.5 Å². The van der Waals surface area contributed by atoms with Crippen LogP contribution in [0.1, 0.15) is 51.1 Å². The normalized spacial score (nSPS) is 13.7. The van der Waals surface area contributed by atoms with Crippen molar-refractivity contribution in [3.8, 4) is 5.75 Å². The zero-order valence-electron chi connectivity index (χ0n) is 29.3. The Hall–Kier alpha value is -5.85. The molecule has 4 aromatic carbocycles. The average Bonchev–Trinajstić information content (AvgIpc) is 3.15. The third kappa shape index (κ3) is 12.8. The molecule has 1 heterocycles. The summed E-state index contributed by atoms with van der Waals surface area (Å²) in [6, 6.07) is 31.1. The second-order valence-electron chi connectivity index (χ2n) is 12.0. The van der Waals surface area contributed by atoms with Gasteiger partial charge in [0.25, 0.3) is 11.8 Å². The van der Waals surface area contributed by atoms with Crippen molar-refractivity contribution in [2.24, 2.45) is 15.0 Å². The highest BCUT2D eigenvalue weighted by Gasteiger charge is 2.13. The number of aromatic hydroxyl groups is 1. The average molecular weight is 704 g/mol. The molecule has 12 heteroatoms. The second-order valence-corrected chi connectivity index (χ2v) is 12.0. The molecule has 0 radical (unpaired) electrons. The maximum atomic E-state index is 12.8. The minimum atomic E-state index is -0.143. The fourth-order valence-corrected chi connectivity index (χ4v) is 5.20. The molecule has 0 aromatic heterocycles. The molecule has 0 unspecified atom stereocenters. The molecule has 0 fully saturated rings. The number of phenols is 1. The lowest BCUT2D eigenvalue weighted by Crippen LogP contribution is -2.27. The molecule has 270 valence electrons. The number of amides is 2. The second kappa shape index (κ2) is 20.1. The van der Waals surface area contributed by atoms with Crippen molar-refractivity contribution in [3.05, 3.63) is 125 Å². The number of carbonyl (C=O) groups excluding carboxylic acids is 2. The monoisotopic (exact) mass is 703 g/mol. The minimum Gasteiger partial charge on any atom is -0.508 e. The van der Waals surface area contributed by atoms with E-state index in [1.54, 1.807) is 48.5 Å². The highest BCUT2D eigenvalue weighted by atomic mass is 16.5. The maximum absolute atomic E-state index is 12.8. The van der Waals surface area contributed by atoms with Crippen molar-refractivity contribution in [1.29, 1.82) is 0 Å². The van der Waals surface area contributed by atoms with Crippen molar-refractivity contribution in [3.63, 3.8) is 0 Å². The van der Waals surface area contributed by atoms with Crippen LogP contribution in [0.2, 0.25) is 0 Å². The number of aryl methyl sites for hydroxylation is 1. The Labute approximate surface area is 304 Å². The Balaban J connectivity index is 1.11. The largest absolute Gasteiger partial charge is 0.508 e. The van der Waals surface area contributed by atoms with Crippen LogP contribution in [0, 0.1) is 6.92 Å². The third-order valence-corrected chi connectivity index (χ3v) is 7.85. The molecule has 2 amide bonds. The van der Waals surface area contributed by atoms with E-state index in [1.165, 1.54) is 0 Å². The summed E-state index contributed by atoms with van der Waals surface area (Å²) in [5, 5.41) is 22.2. The minimum absolute atomic E-state index is 0.127. The summed E-state index contributed by atoms with van der Waals surface area (Å²) >= 11 is 0. The van der Waals surface area contributed by atoms with Gasteiger partial charge >= 0.3 is 0 Å². The van der Waals surface area contributed by atoms with Gasteiger partial charge in [-0.25, -0.2) is 0 Å². The maximum Gasteiger partial charge on any atom is 0.251 e. The number of ether oxygens (including phenoxy) is 2. The number of guanidine groups is 1. The first kappa shape index (κ1) is 37.4. The Morgan fingerprint density at radius 1 is 0.731 bits per heavy atom. The number of anilines is 2. The van der Waals surface area contributed by atoms with Crippen LogP contribution < -0.4 is 21.3 Å². The van der Waals surface area contributed by atoms with Crippen LogP contribution in [0.3, 0.4) is 0 Å². The van der Waals surface area contributed by atoms with Crippen LogP contribution >= 0.6 is 0 Å². The van der Waals surface area contributed by atoms with Gasteiger partial charge in [0.05, 0.1) is 33.0 Å². The van der Waals surface area contributed by atoms with E-state index >= 15 is 0 Å². The van der Waals surface area contributed by atoms with E-state index in [0.29, 0.717) is 93.3 Å². The van der Waals surface area contributed by atoms with Gasteiger partial charge in [-0.15, -0.1) is 0 Å². The van der Waals surface area contributed by atoms with Crippen molar-refractivity contribution in [2.75, 3.05) is 50.2 Å². The molecular weight excluding hydrogens is 658 g/mol. The number of benzene rings is 4. The van der Waals surface area contributed by atoms with Crippen molar-refractivity contribution < 1.29 is 24.2 Å². The molecule has 5 N–H and O–H groups in total. The zero-order chi connectivity index (χ0) is 36.4. The molecule has 0 saturated heterocycles. The van der Waals surface area contributed by atoms with Gasteiger partial charge in [-0.05, 0) is 79.6 Å². The van der Waals surface area contributed by atoms with Crippen LogP contribution in [0.5, 0.6) is 5.75 Å². The predicted molar refractivity (Wildman–Crippen MR) is 206 cm³/mol. The summed E-state index contributed by atoms with van der Waals surface area (Å²) in [5.74, 6) is 1.61. The van der Waals surface area contributed by atoms with Gasteiger partial charge in [-0.3, -0.25) is 14.6 Å². The summed E-state index contributed by atoms with van der Waals surface area (Å²) in [6.45, 7) is 4.95. The van der Waals surface area contributed by atoms with Crippen LogP contribution in [0.15, 0.2) is 118 Å². The number of aliphatic imine (C=N–C) groups is 3. The van der Waals surface area contributed by atoms with Crippen LogP contribution in [-0.2, 0) is 16.0 Å². The molecule has 12 nitrogen and oxygen atoms in total. The van der Waals surface area contributed by atoms with Gasteiger partial charge in [-0.1, -0.05) is 48.0 Å². The summed E-state index contributed by atoms with van der Waals surface area (Å²) in [6.07, 6.45) is 2.06. The van der Waals surface area contributed by atoms with Gasteiger partial charge in [0.15, 0.2) is 0 Å². The van der Waals surface area contributed by atoms with Crippen LogP contribution in [-0.4, -0.2) is 74.1 Å². The molecule has 4 aromatic rings. The van der Waals surface area contributed by atoms with Gasteiger partial charge < -0.3 is 35.8 Å². The first-order valence-electron chi connectivity index (χ1n) is 17.4. The quantitative estimate of drug-likeness (QED) is 0.0756. The third-order valence-electron chi connectivity index (χ3n) is 7.85. The Morgan fingerprint density at radius 2 is 1.42 bits per heavy atom. The fourth-order valence-electron chi connectivity index (χ4n) is 5.20. The Kier molecular flexibility index (Phi) is 14.5. The van der Waals surface area contributed by atoms with Crippen molar-refractivity contribution >= 4 is 40.8 Å². The first-order chi connectivity index (χ1) is 25.4. The van der Waals surface area contributed by atoms with Crippen molar-refractivity contribution in [2.45, 2.75) is 32.7 Å². The van der Waals surface area contributed by atoms with E-state index < -0.39 is 0 Å². The number of carbonyl (C=O) groups is 2. The molecule has 0 bridgehead atoms. The van der Waals surface area contributed by atoms with Gasteiger partial charge in [0, 0.05) is 48.4 Å². The van der Waals surface area contributed by atoms with Gasteiger partial charge in [0.2, 0.25) is 5.96 Å². The number of amidine groups is 2. The number of nitrogens with zero attached hydrogens (tertiary/aromatic N) is 3. The smallest absolute Gasteiger partial charge is 0.251 e. The lowest BCUT2D eigenvalue weighted by atomic mass is 10.1. The van der Waals surface area contributed by atoms with Crippen molar-refractivity contribution in [1.82, 2.24) is 10.6 Å². The highest BCUT2D eigenvalue weighted by Crippen LogP contribution is 2.17. The number of phenolic OH excluding ortho intramolecular Hbond substituents is 1. The van der Waals surface area contributed by atoms with Gasteiger partial charge in [0.1, 0.15) is 17.4 Å². The highest BCUT2D eigenvalue weighted by molar-refractivity contribution is 6.11. The molecule has 0 atom stereocenters. The fraction of sp³-hybridized carbons (Fsp3) is 0.275. The standard InChI is InChI=1S/C40H45N7O5/c1-29-7-5-8-30(27-29)28-43-39(50)32-13-15-33(16-14-32)44-37-12-6-11-36(46-40(47-37)45-34-17-19-35(48)20-18-34)41-21-23-51-25-26-52-24-22-42-38(49)31-9-3-2-4-10-31/h2-5,7-10,13-20,27,48H,6,11-12,21-26,28H2,1H3,(H,42,49)(H,43,50)(H2,41,44,45,46,47). The molecule has 1 aliphatic heterocycles. The summed E-state index contributed by atoms with van der Waals surface area (Å²) in [5.41, 5.74) is 4.89. The van der Waals surface area contributed by atoms with Gasteiger partial charge in [-0.2, -0.15) is 9.98 Å². The molecule has 1 aliphatic rings. The van der Waals surface area contributed by atoms with Crippen LogP contribution in [0.25, 0.3) is 0 Å². The summed E-state index contributed by atoms with van der Waals surface area (Å²) in [7, 11) is 0. The van der Waals surface area contributed by atoms with E-state index in [0.717, 1.165) is 23.2 Å². The molecule has 52 heavy (non-hydrogen) atoms. The number of hydrogen-bond acceptors (Lipinski definition) is 9. The first-order valence-corrected chi connectivity index (χ1v) is 17.4. The van der Waals surface area contributed by atoms with E-state index in [-0.39, 0.29) is 17.6 Å².